The molecule has 212 valence electrons. The lowest BCUT2D eigenvalue weighted by Crippen LogP contribution is -2.37. The van der Waals surface area contributed by atoms with Crippen LogP contribution in [0.2, 0.25) is 5.02 Å². The molecule has 0 aliphatic carbocycles. The van der Waals surface area contributed by atoms with Crippen LogP contribution in [0.25, 0.3) is 10.9 Å². The van der Waals surface area contributed by atoms with Crippen molar-refractivity contribution in [2.24, 2.45) is 0 Å². The Morgan fingerprint density at radius 2 is 1.88 bits per heavy atom. The van der Waals surface area contributed by atoms with Crippen LogP contribution in [0.5, 0.6) is 5.75 Å². The van der Waals surface area contributed by atoms with Gasteiger partial charge in [-0.3, -0.25) is 19.3 Å². The van der Waals surface area contributed by atoms with Crippen LogP contribution in [-0.2, 0) is 24.4 Å². The number of aromatic nitrogens is 1. The lowest BCUT2D eigenvalue weighted by atomic mass is 10.0. The summed E-state index contributed by atoms with van der Waals surface area (Å²) < 4.78 is 6.94. The molecule has 2 heterocycles. The topological polar surface area (TPSA) is 104 Å². The second-order valence-corrected chi connectivity index (χ2v) is 10.7. The van der Waals surface area contributed by atoms with Gasteiger partial charge in [0.2, 0.25) is 11.3 Å². The van der Waals surface area contributed by atoms with Crippen LogP contribution < -0.4 is 20.4 Å². The minimum Gasteiger partial charge on any atom is -0.497 e. The van der Waals surface area contributed by atoms with Crippen molar-refractivity contribution >= 4 is 40.0 Å². The molecular weight excluding hydrogens is 544 g/mol. The zero-order chi connectivity index (χ0) is 29.3. The van der Waals surface area contributed by atoms with Crippen molar-refractivity contribution in [3.8, 4) is 5.75 Å². The van der Waals surface area contributed by atoms with E-state index in [9.17, 15) is 19.5 Å². The number of rotatable bonds is 9. The van der Waals surface area contributed by atoms with Crippen LogP contribution >= 0.6 is 11.6 Å². The summed E-state index contributed by atoms with van der Waals surface area (Å²) in [5.74, 6) is -0.0174. The minimum atomic E-state index is -0.758. The Kier molecular flexibility index (Phi) is 8.12. The Balaban J connectivity index is 1.44. The maximum absolute atomic E-state index is 13.7. The summed E-state index contributed by atoms with van der Waals surface area (Å²) in [4.78, 5) is 43.1. The van der Waals surface area contributed by atoms with Gasteiger partial charge in [0.05, 0.1) is 24.4 Å². The first-order chi connectivity index (χ1) is 19.6. The second kappa shape index (κ2) is 11.7. The van der Waals surface area contributed by atoms with Crippen molar-refractivity contribution in [1.29, 1.82) is 0 Å². The van der Waals surface area contributed by atoms with Gasteiger partial charge in [-0.15, -0.1) is 0 Å². The molecule has 1 aliphatic heterocycles. The van der Waals surface area contributed by atoms with Crippen molar-refractivity contribution in [1.82, 2.24) is 14.8 Å². The number of anilines is 1. The van der Waals surface area contributed by atoms with Crippen molar-refractivity contribution in [3.05, 3.63) is 104 Å². The maximum Gasteiger partial charge on any atom is 0.257 e. The maximum atomic E-state index is 13.7. The largest absolute Gasteiger partial charge is 0.497 e. The molecule has 0 radical (unpaired) electrons. The summed E-state index contributed by atoms with van der Waals surface area (Å²) in [5, 5.41) is 14.6. The average Bonchev–Trinajstić information content (AvgIpc) is 2.96. The molecule has 9 nitrogen and oxygen atoms in total. The second-order valence-electron chi connectivity index (χ2n) is 10.3. The summed E-state index contributed by atoms with van der Waals surface area (Å²) in [6.07, 6.45) is 0.707. The number of ether oxygens (including phenoxy) is 1. The molecule has 2 N–H and O–H groups in total. The number of benzene rings is 3. The fourth-order valence-corrected chi connectivity index (χ4v) is 5.23. The highest BCUT2D eigenvalue weighted by Crippen LogP contribution is 2.31. The molecule has 5 rings (SSSR count). The number of pyridine rings is 1. The molecule has 2 amide bonds. The van der Waals surface area contributed by atoms with Gasteiger partial charge in [0.25, 0.3) is 5.91 Å². The van der Waals surface area contributed by atoms with Gasteiger partial charge in [-0.1, -0.05) is 35.9 Å². The molecule has 10 heteroatoms. The van der Waals surface area contributed by atoms with Gasteiger partial charge in [0.15, 0.2) is 0 Å². The number of nitrogens with zero attached hydrogens (tertiary/aromatic N) is 3. The minimum absolute atomic E-state index is 0.0176. The summed E-state index contributed by atoms with van der Waals surface area (Å²) >= 11 is 5.95. The first kappa shape index (κ1) is 28.4. The van der Waals surface area contributed by atoms with Crippen LogP contribution in [0.3, 0.4) is 0 Å². The quantitative estimate of drug-likeness (QED) is 0.316. The predicted octanol–water partition coefficient (Wildman–Crippen LogP) is 3.74. The van der Waals surface area contributed by atoms with Crippen molar-refractivity contribution in [3.63, 3.8) is 0 Å². The molecule has 0 fully saturated rings. The first-order valence-corrected chi connectivity index (χ1v) is 13.5. The molecule has 1 aliphatic rings. The molecule has 0 saturated heterocycles. The predicted molar refractivity (Wildman–Crippen MR) is 159 cm³/mol. The van der Waals surface area contributed by atoms with E-state index in [1.807, 2.05) is 36.2 Å². The molecule has 0 spiro atoms. The number of likely N-dealkylation sites (N-methyl/N-ethyl adjacent to an activating group) is 2. The van der Waals surface area contributed by atoms with Gasteiger partial charge in [-0.25, -0.2) is 0 Å². The number of hydrogen-bond acceptors (Lipinski definition) is 6. The molecule has 1 unspecified atom stereocenters. The summed E-state index contributed by atoms with van der Waals surface area (Å²) in [7, 11) is 5.12. The number of amides is 2. The van der Waals surface area contributed by atoms with E-state index in [1.165, 1.54) is 11.1 Å². The molecular formula is C31H31ClN4O5. The van der Waals surface area contributed by atoms with E-state index in [1.54, 1.807) is 55.1 Å². The molecule has 4 aromatic rings. The highest BCUT2D eigenvalue weighted by Gasteiger charge is 2.27. The zero-order valence-corrected chi connectivity index (χ0v) is 23.8. The van der Waals surface area contributed by atoms with Crippen LogP contribution in [0, 0.1) is 0 Å². The van der Waals surface area contributed by atoms with E-state index in [4.69, 9.17) is 16.3 Å². The number of aliphatic hydroxyl groups is 1. The molecule has 3 aromatic carbocycles. The molecule has 41 heavy (non-hydrogen) atoms. The first-order valence-electron chi connectivity index (χ1n) is 13.1. The van der Waals surface area contributed by atoms with Crippen molar-refractivity contribution < 1.29 is 19.4 Å². The average molecular weight is 575 g/mol. The number of carbonyl (C=O) groups excluding carboxylic acids is 2. The third kappa shape index (κ3) is 5.97. The van der Waals surface area contributed by atoms with Crippen molar-refractivity contribution in [2.45, 2.75) is 25.7 Å². The third-order valence-corrected chi connectivity index (χ3v) is 7.53. The zero-order valence-electron chi connectivity index (χ0n) is 23.1. The van der Waals surface area contributed by atoms with E-state index >= 15 is 0 Å². The monoisotopic (exact) mass is 574 g/mol. The molecule has 0 bridgehead atoms. The lowest BCUT2D eigenvalue weighted by Gasteiger charge is -2.29. The highest BCUT2D eigenvalue weighted by molar-refractivity contribution is 6.30. The fourth-order valence-electron chi connectivity index (χ4n) is 5.10. The number of carbonyl (C=O) groups is 2. The molecule has 0 saturated carbocycles. The smallest absolute Gasteiger partial charge is 0.257 e. The Hall–Kier alpha value is -4.18. The molecule has 1 atom stereocenters. The Morgan fingerprint density at radius 3 is 2.61 bits per heavy atom. The van der Waals surface area contributed by atoms with Crippen LogP contribution in [0.1, 0.15) is 33.2 Å². The van der Waals surface area contributed by atoms with Crippen LogP contribution in [-0.4, -0.2) is 54.1 Å². The van der Waals surface area contributed by atoms with Crippen LogP contribution in [0.4, 0.5) is 5.69 Å². The van der Waals surface area contributed by atoms with Gasteiger partial charge in [0, 0.05) is 43.3 Å². The third-order valence-electron chi connectivity index (χ3n) is 7.28. The van der Waals surface area contributed by atoms with Crippen molar-refractivity contribution in [2.75, 3.05) is 32.6 Å². The van der Waals surface area contributed by atoms with E-state index in [2.05, 4.69) is 5.32 Å². The van der Waals surface area contributed by atoms with Crippen LogP contribution in [0.15, 0.2) is 71.7 Å². The van der Waals surface area contributed by atoms with E-state index < -0.39 is 17.4 Å². The van der Waals surface area contributed by atoms with E-state index in [0.717, 1.165) is 16.7 Å². The summed E-state index contributed by atoms with van der Waals surface area (Å²) in [6.45, 7) is 0.968. The van der Waals surface area contributed by atoms with Gasteiger partial charge in [-0.2, -0.15) is 0 Å². The number of aliphatic hydroxyl groups excluding tert-OH is 1. The normalized spacial score (nSPS) is 13.5. The number of halogens is 1. The van der Waals surface area contributed by atoms with Gasteiger partial charge in [0.1, 0.15) is 17.9 Å². The highest BCUT2D eigenvalue weighted by atomic mass is 35.5. The van der Waals surface area contributed by atoms with E-state index in [-0.39, 0.29) is 24.6 Å². The number of nitrogens with one attached hydrogen (secondary N) is 1. The SMILES string of the molecule is COc1cccc(C(O)CN(C)Cc2cc3c4c(c2)c(=O)c(C(=O)NCc2ccc(Cl)cc2)cn4CC(=O)N3C)c1. The van der Waals surface area contributed by atoms with Gasteiger partial charge < -0.3 is 24.6 Å². The Bertz CT molecular complexity index is 1680. The summed E-state index contributed by atoms with van der Waals surface area (Å²) in [5.41, 5.74) is 3.10. The van der Waals surface area contributed by atoms with Gasteiger partial charge >= 0.3 is 0 Å². The number of methoxy groups -OCH3 is 1. The van der Waals surface area contributed by atoms with E-state index in [0.29, 0.717) is 40.5 Å². The summed E-state index contributed by atoms with van der Waals surface area (Å²) in [6, 6.07) is 18.0. The fraction of sp³-hybridized carbons (Fsp3) is 0.258. The Morgan fingerprint density at radius 1 is 1.12 bits per heavy atom. The Labute approximate surface area is 242 Å². The standard InChI is InChI=1S/C31H31ClN4O5/c1-34(17-27(37)21-5-4-6-23(13-21)41-3)15-20-11-24-29-26(12-20)35(2)28(38)18-36(29)16-25(30(24)39)31(40)33-14-19-7-9-22(32)10-8-19/h4-13,16,27,37H,14-15,17-18H2,1-3H3,(H,33,40). The lowest BCUT2D eigenvalue weighted by molar-refractivity contribution is -0.119. The van der Waals surface area contributed by atoms with Gasteiger partial charge in [-0.05, 0) is 60.1 Å². The number of hydrogen-bond donors (Lipinski definition) is 2. The molecule has 1 aromatic heterocycles.